The summed E-state index contributed by atoms with van der Waals surface area (Å²) in [5.41, 5.74) is 6.33. The average molecular weight is 244 g/mol. The number of allylic oxidation sites excluding steroid dienone is 1. The summed E-state index contributed by atoms with van der Waals surface area (Å²) in [4.78, 5) is 11.6. The summed E-state index contributed by atoms with van der Waals surface area (Å²) in [5, 5.41) is 0. The van der Waals surface area contributed by atoms with Gasteiger partial charge in [-0.15, -0.1) is 0 Å². The van der Waals surface area contributed by atoms with Crippen molar-refractivity contribution in [2.24, 2.45) is 0 Å². The molecule has 18 heavy (non-hydrogen) atoms. The lowest BCUT2D eigenvalue weighted by atomic mass is 9.85. The second-order valence-corrected chi connectivity index (χ2v) is 4.87. The lowest BCUT2D eigenvalue weighted by Crippen LogP contribution is -2.07. The minimum atomic E-state index is -0.224. The summed E-state index contributed by atoms with van der Waals surface area (Å²) in [6.07, 6.45) is 4.85. The molecule has 1 aliphatic rings. The third-order valence-electron chi connectivity index (χ3n) is 3.54. The maximum Gasteiger partial charge on any atom is 0.331 e. The molecule has 1 aliphatic carbocycles. The van der Waals surface area contributed by atoms with Crippen molar-refractivity contribution in [2.75, 3.05) is 6.61 Å². The van der Waals surface area contributed by atoms with Gasteiger partial charge in [0.2, 0.25) is 0 Å². The zero-order valence-electron chi connectivity index (χ0n) is 11.4. The molecular formula is C16H20O2. The molecule has 0 aliphatic heterocycles. The molecule has 2 nitrogen and oxygen atoms in total. The van der Waals surface area contributed by atoms with Gasteiger partial charge in [-0.2, -0.15) is 0 Å². The largest absolute Gasteiger partial charge is 0.463 e. The van der Waals surface area contributed by atoms with E-state index in [-0.39, 0.29) is 5.97 Å². The van der Waals surface area contributed by atoms with E-state index in [0.29, 0.717) is 6.61 Å². The lowest BCUT2D eigenvalue weighted by molar-refractivity contribution is -0.137. The molecule has 0 N–H and O–H groups in total. The molecule has 2 rings (SSSR count). The Morgan fingerprint density at radius 3 is 2.72 bits per heavy atom. The molecule has 0 saturated heterocycles. The number of hydrogen-bond acceptors (Lipinski definition) is 2. The Morgan fingerprint density at radius 2 is 2.00 bits per heavy atom. The van der Waals surface area contributed by atoms with Crippen molar-refractivity contribution in [3.63, 3.8) is 0 Å². The normalized spacial score (nSPS) is 16.5. The molecule has 2 heteroatoms. The predicted molar refractivity (Wildman–Crippen MR) is 73.5 cm³/mol. The number of hydrogen-bond donors (Lipinski definition) is 0. The maximum atomic E-state index is 11.6. The number of esters is 1. The van der Waals surface area contributed by atoms with Crippen LogP contribution in [-0.2, 0) is 16.0 Å². The highest BCUT2D eigenvalue weighted by Gasteiger charge is 2.16. The second kappa shape index (κ2) is 5.38. The standard InChI is InChI=1S/C16H20O2/c1-4-18-16(17)10-14-7-5-6-13-8-11(2)12(3)9-15(13)14/h8-10H,4-7H2,1-3H3/b14-10+. The van der Waals surface area contributed by atoms with E-state index >= 15 is 0 Å². The van der Waals surface area contributed by atoms with Gasteiger partial charge in [0.05, 0.1) is 6.61 Å². The number of ether oxygens (including phenoxy) is 1. The quantitative estimate of drug-likeness (QED) is 0.587. The van der Waals surface area contributed by atoms with Gasteiger partial charge in [0, 0.05) is 6.08 Å². The highest BCUT2D eigenvalue weighted by molar-refractivity contribution is 5.92. The van der Waals surface area contributed by atoms with Crippen LogP contribution in [0.5, 0.6) is 0 Å². The summed E-state index contributed by atoms with van der Waals surface area (Å²) in [6, 6.07) is 4.46. The average Bonchev–Trinajstić information content (AvgIpc) is 2.32. The monoisotopic (exact) mass is 244 g/mol. The zero-order chi connectivity index (χ0) is 13.1. The molecule has 0 fully saturated rings. The molecule has 0 radical (unpaired) electrons. The van der Waals surface area contributed by atoms with Gasteiger partial charge in [0.15, 0.2) is 0 Å². The number of benzene rings is 1. The van der Waals surface area contributed by atoms with Crippen LogP contribution < -0.4 is 0 Å². The Hall–Kier alpha value is -1.57. The minimum Gasteiger partial charge on any atom is -0.463 e. The van der Waals surface area contributed by atoms with Crippen molar-refractivity contribution in [3.8, 4) is 0 Å². The highest BCUT2D eigenvalue weighted by atomic mass is 16.5. The van der Waals surface area contributed by atoms with E-state index < -0.39 is 0 Å². The first-order valence-corrected chi connectivity index (χ1v) is 6.59. The highest BCUT2D eigenvalue weighted by Crippen LogP contribution is 2.32. The Bertz CT molecular complexity index is 498. The van der Waals surface area contributed by atoms with Gasteiger partial charge in [0.1, 0.15) is 0 Å². The molecule has 0 amide bonds. The Morgan fingerprint density at radius 1 is 1.28 bits per heavy atom. The van der Waals surface area contributed by atoms with Crippen LogP contribution in [0.4, 0.5) is 0 Å². The number of rotatable bonds is 2. The van der Waals surface area contributed by atoms with E-state index in [9.17, 15) is 4.79 Å². The van der Waals surface area contributed by atoms with Crippen LogP contribution in [-0.4, -0.2) is 12.6 Å². The van der Waals surface area contributed by atoms with E-state index in [1.165, 1.54) is 22.3 Å². The zero-order valence-corrected chi connectivity index (χ0v) is 11.4. The SMILES string of the molecule is CCOC(=O)/C=C1\CCCc2cc(C)c(C)cc21. The van der Waals surface area contributed by atoms with Crippen LogP contribution in [0.2, 0.25) is 0 Å². The van der Waals surface area contributed by atoms with Crippen LogP contribution >= 0.6 is 0 Å². The molecular weight excluding hydrogens is 224 g/mol. The maximum absolute atomic E-state index is 11.6. The first-order valence-electron chi connectivity index (χ1n) is 6.59. The number of fused-ring (bicyclic) bond motifs is 1. The Kier molecular flexibility index (Phi) is 3.85. The minimum absolute atomic E-state index is 0.224. The summed E-state index contributed by atoms with van der Waals surface area (Å²) in [6.45, 7) is 6.52. The van der Waals surface area contributed by atoms with E-state index in [1.54, 1.807) is 6.08 Å². The Balaban J connectivity index is 2.38. The third-order valence-corrected chi connectivity index (χ3v) is 3.54. The third kappa shape index (κ3) is 2.63. The van der Waals surface area contributed by atoms with Crippen molar-refractivity contribution in [1.82, 2.24) is 0 Å². The molecule has 0 atom stereocenters. The van der Waals surface area contributed by atoms with Gasteiger partial charge < -0.3 is 4.74 Å². The Labute approximate surface area is 109 Å². The first kappa shape index (κ1) is 12.9. The lowest BCUT2D eigenvalue weighted by Gasteiger charge is -2.20. The van der Waals surface area contributed by atoms with Crippen molar-refractivity contribution in [1.29, 1.82) is 0 Å². The van der Waals surface area contributed by atoms with E-state index in [0.717, 1.165) is 24.8 Å². The van der Waals surface area contributed by atoms with Gasteiger partial charge in [0.25, 0.3) is 0 Å². The van der Waals surface area contributed by atoms with E-state index in [1.807, 2.05) is 6.92 Å². The molecule has 0 bridgehead atoms. The summed E-state index contributed by atoms with van der Waals surface area (Å²) in [7, 11) is 0. The van der Waals surface area contributed by atoms with Crippen LogP contribution in [0.15, 0.2) is 18.2 Å². The van der Waals surface area contributed by atoms with Crippen LogP contribution in [0.1, 0.15) is 42.0 Å². The number of carbonyl (C=O) groups is 1. The fourth-order valence-electron chi connectivity index (χ4n) is 2.46. The molecule has 0 aromatic heterocycles. The second-order valence-electron chi connectivity index (χ2n) is 4.87. The van der Waals surface area contributed by atoms with Gasteiger partial charge in [-0.05, 0) is 67.9 Å². The molecule has 0 heterocycles. The summed E-state index contributed by atoms with van der Waals surface area (Å²) >= 11 is 0. The molecule has 0 saturated carbocycles. The fraction of sp³-hybridized carbons (Fsp3) is 0.438. The van der Waals surface area contributed by atoms with Gasteiger partial charge in [-0.1, -0.05) is 12.1 Å². The van der Waals surface area contributed by atoms with Gasteiger partial charge >= 0.3 is 5.97 Å². The van der Waals surface area contributed by atoms with Crippen molar-refractivity contribution < 1.29 is 9.53 Å². The number of aryl methyl sites for hydroxylation is 3. The van der Waals surface area contributed by atoms with Gasteiger partial charge in [-0.3, -0.25) is 0 Å². The first-order chi connectivity index (χ1) is 8.61. The van der Waals surface area contributed by atoms with Crippen LogP contribution in [0, 0.1) is 13.8 Å². The summed E-state index contributed by atoms with van der Waals surface area (Å²) in [5.74, 6) is -0.224. The molecule has 96 valence electrons. The van der Waals surface area contributed by atoms with Crippen LogP contribution in [0.25, 0.3) is 5.57 Å². The molecule has 1 aromatic carbocycles. The number of carbonyl (C=O) groups excluding carboxylic acids is 1. The van der Waals surface area contributed by atoms with Crippen molar-refractivity contribution in [3.05, 3.63) is 40.5 Å². The predicted octanol–water partition coefficient (Wildman–Crippen LogP) is 3.59. The topological polar surface area (TPSA) is 26.3 Å². The smallest absolute Gasteiger partial charge is 0.331 e. The molecule has 0 spiro atoms. The summed E-state index contributed by atoms with van der Waals surface area (Å²) < 4.78 is 5.00. The molecule has 1 aromatic rings. The van der Waals surface area contributed by atoms with E-state index in [2.05, 4.69) is 26.0 Å². The van der Waals surface area contributed by atoms with E-state index in [4.69, 9.17) is 4.74 Å². The molecule has 0 unspecified atom stereocenters. The van der Waals surface area contributed by atoms with Crippen molar-refractivity contribution in [2.45, 2.75) is 40.0 Å². The van der Waals surface area contributed by atoms with Crippen molar-refractivity contribution >= 4 is 11.5 Å². The van der Waals surface area contributed by atoms with Crippen LogP contribution in [0.3, 0.4) is 0 Å². The fourth-order valence-corrected chi connectivity index (χ4v) is 2.46. The van der Waals surface area contributed by atoms with Gasteiger partial charge in [-0.25, -0.2) is 4.79 Å².